The monoisotopic (exact) mass is 189 g/mol. The second-order valence-electron chi connectivity index (χ2n) is 2.78. The fourth-order valence-electron chi connectivity index (χ4n) is 1.11. The van der Waals surface area contributed by atoms with Crippen molar-refractivity contribution in [1.29, 1.82) is 0 Å². The van der Waals surface area contributed by atoms with Gasteiger partial charge in [0.05, 0.1) is 0 Å². The summed E-state index contributed by atoms with van der Waals surface area (Å²) < 4.78 is 0. The van der Waals surface area contributed by atoms with Crippen molar-refractivity contribution >= 4 is 17.7 Å². The fourth-order valence-corrected chi connectivity index (χ4v) is 2.32. The molecule has 12 heavy (non-hydrogen) atoms. The highest BCUT2D eigenvalue weighted by atomic mass is 32.2. The van der Waals surface area contributed by atoms with Crippen LogP contribution in [0.3, 0.4) is 0 Å². The first-order valence-corrected chi connectivity index (χ1v) is 5.10. The second-order valence-corrected chi connectivity index (χ2v) is 3.97. The van der Waals surface area contributed by atoms with Crippen LogP contribution >= 0.6 is 11.8 Å². The smallest absolute Gasteiger partial charge is 0.247 e. The van der Waals surface area contributed by atoms with Gasteiger partial charge in [-0.1, -0.05) is 0 Å². The van der Waals surface area contributed by atoms with Gasteiger partial charge in [0.25, 0.3) is 0 Å². The van der Waals surface area contributed by atoms with E-state index in [1.807, 2.05) is 7.05 Å². The summed E-state index contributed by atoms with van der Waals surface area (Å²) in [5.74, 6) is 1.13. The molecule has 1 aliphatic rings. The van der Waals surface area contributed by atoms with Crippen LogP contribution in [-0.4, -0.2) is 48.6 Å². The molecule has 1 heterocycles. The van der Waals surface area contributed by atoms with Gasteiger partial charge in [-0.3, -0.25) is 9.69 Å². The van der Waals surface area contributed by atoms with Crippen LogP contribution in [0.25, 0.3) is 0 Å². The van der Waals surface area contributed by atoms with E-state index in [9.17, 15) is 4.79 Å². The Balaban J connectivity index is 2.30. The lowest BCUT2D eigenvalue weighted by Gasteiger charge is -2.17. The van der Waals surface area contributed by atoms with Crippen molar-refractivity contribution < 1.29 is 4.79 Å². The number of likely N-dealkylation sites (N-methyl/N-ethyl adjacent to an activating group) is 1. The Morgan fingerprint density at radius 3 is 3.08 bits per heavy atom. The second kappa shape index (κ2) is 4.69. The van der Waals surface area contributed by atoms with E-state index in [2.05, 4.69) is 10.2 Å². The van der Waals surface area contributed by atoms with Gasteiger partial charge in [-0.15, -0.1) is 11.8 Å². The molecular weight excluding hydrogens is 174 g/mol. The first-order valence-electron chi connectivity index (χ1n) is 4.05. The van der Waals surface area contributed by atoms with Crippen LogP contribution in [0, 0.1) is 0 Å². The van der Waals surface area contributed by atoms with Gasteiger partial charge in [0.2, 0.25) is 5.91 Å². The van der Waals surface area contributed by atoms with Crippen LogP contribution in [0.5, 0.6) is 0 Å². The number of rotatable bonds is 3. The van der Waals surface area contributed by atoms with E-state index < -0.39 is 0 Å². The predicted octanol–water partition coefficient (Wildman–Crippen LogP) is -0.934. The Morgan fingerprint density at radius 2 is 2.58 bits per heavy atom. The summed E-state index contributed by atoms with van der Waals surface area (Å²) in [7, 11) is 1.96. The van der Waals surface area contributed by atoms with E-state index in [0.717, 1.165) is 12.3 Å². The molecule has 1 fully saturated rings. The van der Waals surface area contributed by atoms with E-state index in [0.29, 0.717) is 13.1 Å². The number of hydrogen-bond donors (Lipinski definition) is 2. The average Bonchev–Trinajstić information content (AvgIpc) is 2.47. The predicted molar refractivity (Wildman–Crippen MR) is 50.9 cm³/mol. The lowest BCUT2D eigenvalue weighted by Crippen LogP contribution is -2.41. The molecule has 0 saturated carbocycles. The molecule has 0 aromatic rings. The van der Waals surface area contributed by atoms with Crippen molar-refractivity contribution in [3.8, 4) is 0 Å². The maximum atomic E-state index is 11.4. The van der Waals surface area contributed by atoms with Crippen molar-refractivity contribution in [3.63, 3.8) is 0 Å². The normalized spacial score (nSPS) is 24.3. The van der Waals surface area contributed by atoms with Gasteiger partial charge in [0.1, 0.15) is 5.37 Å². The van der Waals surface area contributed by atoms with Crippen molar-refractivity contribution in [2.24, 2.45) is 5.73 Å². The lowest BCUT2D eigenvalue weighted by molar-refractivity contribution is -0.122. The van der Waals surface area contributed by atoms with Gasteiger partial charge in [0, 0.05) is 25.4 Å². The molecule has 1 aliphatic heterocycles. The van der Waals surface area contributed by atoms with E-state index in [1.165, 1.54) is 0 Å². The Kier molecular flexibility index (Phi) is 3.84. The number of amides is 1. The molecular formula is C7H15N3OS. The molecule has 0 radical (unpaired) electrons. The van der Waals surface area contributed by atoms with Crippen LogP contribution in [0.1, 0.15) is 0 Å². The summed E-state index contributed by atoms with van der Waals surface area (Å²) in [6.45, 7) is 2.07. The Labute approximate surface area is 76.9 Å². The maximum Gasteiger partial charge on any atom is 0.247 e. The standard InChI is InChI=1S/C7H15N3OS/c1-10-4-5-12-7(10)6(11)9-3-2-8/h7H,2-5,8H2,1H3,(H,9,11). The number of carbonyl (C=O) groups excluding carboxylic acids is 1. The largest absolute Gasteiger partial charge is 0.353 e. The highest BCUT2D eigenvalue weighted by Crippen LogP contribution is 2.21. The van der Waals surface area contributed by atoms with Crippen molar-refractivity contribution in [2.75, 3.05) is 32.4 Å². The number of nitrogens with one attached hydrogen (secondary N) is 1. The van der Waals surface area contributed by atoms with E-state index in [1.54, 1.807) is 11.8 Å². The fraction of sp³-hybridized carbons (Fsp3) is 0.857. The molecule has 1 rings (SSSR count). The highest BCUT2D eigenvalue weighted by Gasteiger charge is 2.27. The van der Waals surface area contributed by atoms with Crippen molar-refractivity contribution in [1.82, 2.24) is 10.2 Å². The molecule has 1 saturated heterocycles. The van der Waals surface area contributed by atoms with Gasteiger partial charge < -0.3 is 11.1 Å². The first-order chi connectivity index (χ1) is 5.75. The summed E-state index contributed by atoms with van der Waals surface area (Å²) >= 11 is 1.68. The summed E-state index contributed by atoms with van der Waals surface area (Å²) in [5.41, 5.74) is 5.28. The van der Waals surface area contributed by atoms with Crippen LogP contribution in [0.2, 0.25) is 0 Å². The summed E-state index contributed by atoms with van der Waals surface area (Å²) in [5, 5.41) is 2.78. The van der Waals surface area contributed by atoms with Gasteiger partial charge in [-0.2, -0.15) is 0 Å². The SMILES string of the molecule is CN1CCSC1C(=O)NCCN. The third-order valence-electron chi connectivity index (χ3n) is 1.79. The first kappa shape index (κ1) is 9.83. The van der Waals surface area contributed by atoms with Gasteiger partial charge in [-0.25, -0.2) is 0 Å². The number of carbonyl (C=O) groups is 1. The Hall–Kier alpha value is -0.260. The van der Waals surface area contributed by atoms with Gasteiger partial charge in [0.15, 0.2) is 0 Å². The topological polar surface area (TPSA) is 58.4 Å². The van der Waals surface area contributed by atoms with Crippen molar-refractivity contribution in [3.05, 3.63) is 0 Å². The summed E-state index contributed by atoms with van der Waals surface area (Å²) in [6, 6.07) is 0. The van der Waals surface area contributed by atoms with Gasteiger partial charge >= 0.3 is 0 Å². The zero-order valence-corrected chi connectivity index (χ0v) is 8.06. The molecule has 0 aliphatic carbocycles. The summed E-state index contributed by atoms with van der Waals surface area (Å²) in [6.07, 6.45) is 0. The molecule has 0 spiro atoms. The molecule has 5 heteroatoms. The minimum absolute atomic E-state index is 0.00319. The molecule has 70 valence electrons. The van der Waals surface area contributed by atoms with Crippen LogP contribution in [0.4, 0.5) is 0 Å². The molecule has 0 aromatic heterocycles. The van der Waals surface area contributed by atoms with Gasteiger partial charge in [-0.05, 0) is 7.05 Å². The molecule has 0 bridgehead atoms. The molecule has 1 unspecified atom stereocenters. The molecule has 3 N–H and O–H groups in total. The van der Waals surface area contributed by atoms with Crippen LogP contribution in [0.15, 0.2) is 0 Å². The number of nitrogens with zero attached hydrogens (tertiary/aromatic N) is 1. The minimum Gasteiger partial charge on any atom is -0.353 e. The zero-order valence-electron chi connectivity index (χ0n) is 7.25. The molecule has 0 aromatic carbocycles. The number of nitrogens with two attached hydrogens (primary N) is 1. The van der Waals surface area contributed by atoms with Crippen molar-refractivity contribution in [2.45, 2.75) is 5.37 Å². The van der Waals surface area contributed by atoms with E-state index >= 15 is 0 Å². The Morgan fingerprint density at radius 1 is 1.83 bits per heavy atom. The molecule has 1 atom stereocenters. The van der Waals surface area contributed by atoms with E-state index in [4.69, 9.17) is 5.73 Å². The van der Waals surface area contributed by atoms with Crippen LogP contribution in [-0.2, 0) is 4.79 Å². The maximum absolute atomic E-state index is 11.4. The lowest BCUT2D eigenvalue weighted by atomic mass is 10.5. The third kappa shape index (κ3) is 2.36. The Bertz CT molecular complexity index is 165. The average molecular weight is 189 g/mol. The quantitative estimate of drug-likeness (QED) is 0.602. The number of hydrogen-bond acceptors (Lipinski definition) is 4. The zero-order chi connectivity index (χ0) is 8.97. The van der Waals surface area contributed by atoms with E-state index in [-0.39, 0.29) is 11.3 Å². The minimum atomic E-state index is -0.00319. The van der Waals surface area contributed by atoms with Crippen LogP contribution < -0.4 is 11.1 Å². The highest BCUT2D eigenvalue weighted by molar-refractivity contribution is 8.00. The third-order valence-corrected chi connectivity index (χ3v) is 3.10. The molecule has 1 amide bonds. The molecule has 4 nitrogen and oxygen atoms in total. The number of thioether (sulfide) groups is 1. The summed E-state index contributed by atoms with van der Waals surface area (Å²) in [4.78, 5) is 13.4.